The van der Waals surface area contributed by atoms with Crippen molar-refractivity contribution in [3.05, 3.63) is 42.2 Å². The number of ether oxygens (including phenoxy) is 3. The predicted molar refractivity (Wildman–Crippen MR) is 157 cm³/mol. The summed E-state index contributed by atoms with van der Waals surface area (Å²) in [4.78, 5) is 4.32. The first-order valence-corrected chi connectivity index (χ1v) is 18.5. The van der Waals surface area contributed by atoms with Gasteiger partial charge in [0.1, 0.15) is 17.2 Å². The van der Waals surface area contributed by atoms with Crippen LogP contribution >= 0.6 is 0 Å². The topological polar surface area (TPSA) is 129 Å². The van der Waals surface area contributed by atoms with Crippen LogP contribution in [0.3, 0.4) is 0 Å². The minimum Gasteiger partial charge on any atom is -0.494 e. The number of sulfonamides is 1. The molecule has 1 aliphatic rings. The zero-order valence-corrected chi connectivity index (χ0v) is 26.0. The van der Waals surface area contributed by atoms with E-state index >= 15 is 0 Å². The smallest absolute Gasteiger partial charge is 0.246 e. The second kappa shape index (κ2) is 11.5. The van der Waals surface area contributed by atoms with E-state index in [0.717, 1.165) is 5.56 Å². The molecule has 1 fully saturated rings. The number of nitrogens with zero attached hydrogens (tertiary/aromatic N) is 5. The fourth-order valence-electron chi connectivity index (χ4n) is 4.47. The Labute approximate surface area is 237 Å². The van der Waals surface area contributed by atoms with Crippen LogP contribution in [0.5, 0.6) is 11.5 Å². The van der Waals surface area contributed by atoms with Crippen LogP contribution < -0.4 is 13.8 Å². The molecule has 1 aliphatic heterocycles. The molecule has 0 bridgehead atoms. The zero-order valence-electron chi connectivity index (χ0n) is 24.2. The molecule has 11 nitrogen and oxygen atoms in total. The number of aliphatic hydroxyl groups excluding tert-OH is 1. The Morgan fingerprint density at radius 1 is 1.15 bits per heavy atom. The van der Waals surface area contributed by atoms with Crippen molar-refractivity contribution in [2.45, 2.75) is 45.6 Å². The minimum absolute atomic E-state index is 0.0831. The van der Waals surface area contributed by atoms with Crippen molar-refractivity contribution < 1.29 is 27.7 Å². The van der Waals surface area contributed by atoms with E-state index < -0.39 is 35.4 Å². The first kappa shape index (κ1) is 30.0. The Morgan fingerprint density at radius 2 is 1.80 bits per heavy atom. The zero-order chi connectivity index (χ0) is 29.3. The number of hydrogen-bond donors (Lipinski definition) is 1. The molecular formula is C27H39N5O6SSi. The largest absolute Gasteiger partial charge is 0.494 e. The number of rotatable bonds is 12. The molecule has 1 saturated heterocycles. The summed E-state index contributed by atoms with van der Waals surface area (Å²) in [6.45, 7) is 11.1. The second-order valence-corrected chi connectivity index (χ2v) is 19.3. The molecule has 218 valence electrons. The lowest BCUT2D eigenvalue weighted by atomic mass is 9.83. The fraction of sp³-hybridized carbons (Fsp3) is 0.519. The molecule has 0 spiro atoms. The highest BCUT2D eigenvalue weighted by molar-refractivity contribution is 7.92. The average Bonchev–Trinajstić information content (AvgIpc) is 3.29. The molecule has 0 radical (unpaired) electrons. The highest BCUT2D eigenvalue weighted by atomic mass is 32.2. The highest BCUT2D eigenvalue weighted by Gasteiger charge is 2.44. The number of benzene rings is 1. The maximum atomic E-state index is 14.1. The van der Waals surface area contributed by atoms with Gasteiger partial charge in [-0.3, -0.25) is 9.55 Å². The Bertz CT molecular complexity index is 1430. The third-order valence-corrected chi connectivity index (χ3v) is 10.5. The molecule has 3 heterocycles. The third kappa shape index (κ3) is 6.17. The van der Waals surface area contributed by atoms with Gasteiger partial charge in [-0.05, 0) is 36.7 Å². The number of aliphatic hydroxyl groups is 1. The summed E-state index contributed by atoms with van der Waals surface area (Å²) in [7, 11) is -2.71. The monoisotopic (exact) mass is 589 g/mol. The summed E-state index contributed by atoms with van der Waals surface area (Å²) in [6, 6.07) is 7.89. The molecular weight excluding hydrogens is 550 g/mol. The van der Waals surface area contributed by atoms with Crippen molar-refractivity contribution in [1.82, 2.24) is 19.7 Å². The Hall–Kier alpha value is -3.00. The number of aromatic nitrogens is 4. The van der Waals surface area contributed by atoms with Gasteiger partial charge in [-0.2, -0.15) is 0 Å². The average molecular weight is 590 g/mol. The molecule has 13 heteroatoms. The first-order valence-electron chi connectivity index (χ1n) is 13.1. The molecule has 1 aromatic carbocycles. The normalized spacial score (nSPS) is 15.8. The van der Waals surface area contributed by atoms with Crippen LogP contribution in [0.4, 0.5) is 5.95 Å². The number of aryl methyl sites for hydroxylation is 1. The van der Waals surface area contributed by atoms with Crippen molar-refractivity contribution in [3.8, 4) is 28.6 Å². The lowest BCUT2D eigenvalue weighted by Crippen LogP contribution is -2.53. The SMILES string of the molecule is COc1cccc(OC)c1-n1c(-c2cncc(C)c2)nnc1N(CC[Si](C)(C)C)S(=O)(=O)C[C@@H](O)C1(C)COC1. The van der Waals surface area contributed by atoms with Gasteiger partial charge >= 0.3 is 0 Å². The van der Waals surface area contributed by atoms with E-state index in [9.17, 15) is 13.5 Å². The van der Waals surface area contributed by atoms with Crippen LogP contribution in [0, 0.1) is 12.3 Å². The Balaban J connectivity index is 1.95. The summed E-state index contributed by atoms with van der Waals surface area (Å²) in [5, 5.41) is 19.9. The van der Waals surface area contributed by atoms with Crippen molar-refractivity contribution in [3.63, 3.8) is 0 Å². The van der Waals surface area contributed by atoms with Gasteiger partial charge in [0, 0.05) is 38.0 Å². The summed E-state index contributed by atoms with van der Waals surface area (Å²) in [5.74, 6) is 0.880. The first-order chi connectivity index (χ1) is 18.8. The number of para-hydroxylation sites is 1. The molecule has 40 heavy (non-hydrogen) atoms. The van der Waals surface area contributed by atoms with Crippen molar-refractivity contribution in [2.24, 2.45) is 5.41 Å². The maximum Gasteiger partial charge on any atom is 0.246 e. The third-order valence-electron chi connectivity index (χ3n) is 7.06. The number of anilines is 1. The quantitative estimate of drug-likeness (QED) is 0.316. The molecule has 0 amide bonds. The summed E-state index contributed by atoms with van der Waals surface area (Å²) in [6.07, 6.45) is 2.27. The van der Waals surface area contributed by atoms with Gasteiger partial charge in [0.25, 0.3) is 0 Å². The van der Waals surface area contributed by atoms with Crippen LogP contribution in [0.15, 0.2) is 36.7 Å². The van der Waals surface area contributed by atoms with Crippen LogP contribution in [0.1, 0.15) is 12.5 Å². The molecule has 2 aromatic heterocycles. The standard InChI is InChI=1S/C27H39N5O6SSi/c1-19-13-20(15-28-14-19)25-29-30-26(32(25)24-21(36-3)9-8-10-22(24)37-4)31(11-12-40(5,6)7)39(34,35)16-23(33)27(2)17-38-18-27/h8-10,13-15,23,33H,11-12,16-18H2,1-7H3/t23-/m1/s1. The van der Waals surface area contributed by atoms with Gasteiger partial charge in [0.05, 0.1) is 39.3 Å². The van der Waals surface area contributed by atoms with Crippen LogP contribution in [0.25, 0.3) is 17.1 Å². The van der Waals surface area contributed by atoms with E-state index in [1.807, 2.05) is 19.9 Å². The van der Waals surface area contributed by atoms with Gasteiger partial charge in [0.15, 0.2) is 5.82 Å². The number of methoxy groups -OCH3 is 2. The maximum absolute atomic E-state index is 14.1. The van der Waals surface area contributed by atoms with E-state index in [0.29, 0.717) is 47.8 Å². The molecule has 4 rings (SSSR count). The van der Waals surface area contributed by atoms with Crippen molar-refractivity contribution in [2.75, 3.05) is 44.0 Å². The van der Waals surface area contributed by atoms with Gasteiger partial charge in [0.2, 0.25) is 16.0 Å². The second-order valence-electron chi connectivity index (χ2n) is 11.7. The molecule has 0 aliphatic carbocycles. The molecule has 1 atom stereocenters. The molecule has 3 aromatic rings. The van der Waals surface area contributed by atoms with Crippen LogP contribution in [-0.4, -0.2) is 87.2 Å². The highest BCUT2D eigenvalue weighted by Crippen LogP contribution is 2.39. The van der Waals surface area contributed by atoms with E-state index in [-0.39, 0.29) is 12.5 Å². The van der Waals surface area contributed by atoms with E-state index in [1.165, 1.54) is 18.5 Å². The summed E-state index contributed by atoms with van der Waals surface area (Å²) < 4.78 is 47.9. The van der Waals surface area contributed by atoms with Gasteiger partial charge in [-0.25, -0.2) is 12.7 Å². The van der Waals surface area contributed by atoms with Gasteiger partial charge < -0.3 is 19.3 Å². The molecule has 0 saturated carbocycles. The Morgan fingerprint density at radius 3 is 2.33 bits per heavy atom. The van der Waals surface area contributed by atoms with Crippen LogP contribution in [-0.2, 0) is 14.8 Å². The van der Waals surface area contributed by atoms with Gasteiger partial charge in [-0.15, -0.1) is 10.2 Å². The molecule has 1 N–H and O–H groups in total. The lowest BCUT2D eigenvalue weighted by Gasteiger charge is -2.42. The lowest BCUT2D eigenvalue weighted by molar-refractivity contribution is -0.154. The number of pyridine rings is 1. The number of hydrogen-bond acceptors (Lipinski definition) is 9. The van der Waals surface area contributed by atoms with E-state index in [1.54, 1.807) is 35.2 Å². The molecule has 0 unspecified atom stereocenters. The summed E-state index contributed by atoms with van der Waals surface area (Å²) >= 11 is 0. The fourth-order valence-corrected chi connectivity index (χ4v) is 7.24. The van der Waals surface area contributed by atoms with E-state index in [2.05, 4.69) is 34.8 Å². The van der Waals surface area contributed by atoms with Gasteiger partial charge in [-0.1, -0.05) is 32.6 Å². The summed E-state index contributed by atoms with van der Waals surface area (Å²) in [5.41, 5.74) is 1.38. The van der Waals surface area contributed by atoms with Crippen LogP contribution in [0.2, 0.25) is 25.7 Å². The minimum atomic E-state index is -4.07. The Kier molecular flexibility index (Phi) is 8.59. The van der Waals surface area contributed by atoms with E-state index in [4.69, 9.17) is 14.2 Å². The predicted octanol–water partition coefficient (Wildman–Crippen LogP) is 3.53. The van der Waals surface area contributed by atoms with Crippen molar-refractivity contribution >= 4 is 24.0 Å². The van der Waals surface area contributed by atoms with Crippen molar-refractivity contribution in [1.29, 1.82) is 0 Å².